The van der Waals surface area contributed by atoms with Crippen molar-refractivity contribution in [3.05, 3.63) is 0 Å². The molecule has 0 aromatic heterocycles. The largest absolute Gasteiger partial charge is 0.392 e. The highest BCUT2D eigenvalue weighted by Crippen LogP contribution is 2.60. The van der Waals surface area contributed by atoms with Gasteiger partial charge in [-0.15, -0.1) is 0 Å². The summed E-state index contributed by atoms with van der Waals surface area (Å²) in [6.45, 7) is 6.14. The van der Waals surface area contributed by atoms with Gasteiger partial charge in [-0.05, 0) is 32.1 Å². The molecule has 3 unspecified atom stereocenters. The van der Waals surface area contributed by atoms with Crippen molar-refractivity contribution in [2.24, 2.45) is 16.7 Å². The second-order valence-electron chi connectivity index (χ2n) is 5.86. The van der Waals surface area contributed by atoms with Crippen molar-refractivity contribution in [3.8, 4) is 0 Å². The molecule has 1 aliphatic carbocycles. The maximum Gasteiger partial charge on any atom is 0.320 e. The Morgan fingerprint density at radius 1 is 1.35 bits per heavy atom. The zero-order valence-corrected chi connectivity index (χ0v) is 11.0. The number of carbonyl (C=O) groups is 2. The van der Waals surface area contributed by atoms with E-state index < -0.39 is 10.8 Å². The molecule has 96 valence electrons. The first kappa shape index (κ1) is 12.6. The van der Waals surface area contributed by atoms with Gasteiger partial charge in [-0.25, -0.2) is 0 Å². The first-order valence-electron chi connectivity index (χ1n) is 6.75. The standard InChI is InChI=1S/C14H22O3/c1-4-5-8-14-9-6-7-10(2)13(14,3)11(15)17-12(14)16/h10H,4-9H2,1-3H3. The van der Waals surface area contributed by atoms with Gasteiger partial charge < -0.3 is 4.74 Å². The number of rotatable bonds is 3. The normalized spacial score (nSPS) is 41.2. The number of fused-ring (bicyclic) bond motifs is 1. The zero-order chi connectivity index (χ0) is 12.7. The van der Waals surface area contributed by atoms with Gasteiger partial charge in [-0.1, -0.05) is 33.1 Å². The Bertz CT molecular complexity index is 349. The molecule has 2 rings (SSSR count). The van der Waals surface area contributed by atoms with Crippen LogP contribution in [0.5, 0.6) is 0 Å². The molecule has 0 radical (unpaired) electrons. The molecule has 0 aromatic carbocycles. The first-order chi connectivity index (χ1) is 7.99. The minimum absolute atomic E-state index is 0.243. The van der Waals surface area contributed by atoms with Crippen LogP contribution in [0.1, 0.15) is 59.3 Å². The Hall–Kier alpha value is -0.860. The molecule has 3 nitrogen and oxygen atoms in total. The van der Waals surface area contributed by atoms with E-state index in [1.807, 2.05) is 6.92 Å². The Kier molecular flexibility index (Phi) is 3.04. The van der Waals surface area contributed by atoms with Gasteiger partial charge in [-0.3, -0.25) is 9.59 Å². The van der Waals surface area contributed by atoms with Crippen molar-refractivity contribution in [2.75, 3.05) is 0 Å². The molecule has 2 fully saturated rings. The average molecular weight is 238 g/mol. The Morgan fingerprint density at radius 3 is 2.71 bits per heavy atom. The van der Waals surface area contributed by atoms with Crippen molar-refractivity contribution in [3.63, 3.8) is 0 Å². The van der Waals surface area contributed by atoms with E-state index in [0.717, 1.165) is 38.5 Å². The molecule has 2 aliphatic rings. The number of ether oxygens (including phenoxy) is 1. The molecule has 0 amide bonds. The lowest BCUT2D eigenvalue weighted by molar-refractivity contribution is -0.156. The summed E-state index contributed by atoms with van der Waals surface area (Å²) < 4.78 is 5.00. The quantitative estimate of drug-likeness (QED) is 0.560. The van der Waals surface area contributed by atoms with Gasteiger partial charge in [-0.2, -0.15) is 0 Å². The Balaban J connectivity index is 2.41. The topological polar surface area (TPSA) is 43.4 Å². The van der Waals surface area contributed by atoms with Gasteiger partial charge in [0.15, 0.2) is 0 Å². The maximum absolute atomic E-state index is 12.2. The zero-order valence-electron chi connectivity index (χ0n) is 11.0. The molecule has 1 saturated heterocycles. The molecule has 1 heterocycles. The van der Waals surface area contributed by atoms with E-state index in [4.69, 9.17) is 4.74 Å². The lowest BCUT2D eigenvalue weighted by Crippen LogP contribution is -2.49. The van der Waals surface area contributed by atoms with Gasteiger partial charge in [0.2, 0.25) is 0 Å². The molecule has 3 atom stereocenters. The summed E-state index contributed by atoms with van der Waals surface area (Å²) in [7, 11) is 0. The van der Waals surface area contributed by atoms with Crippen LogP contribution in [0, 0.1) is 16.7 Å². The lowest BCUT2D eigenvalue weighted by Gasteiger charge is -2.45. The van der Waals surface area contributed by atoms with Crippen molar-refractivity contribution in [1.82, 2.24) is 0 Å². The Labute approximate surface area is 103 Å². The van der Waals surface area contributed by atoms with Crippen LogP contribution in [0.4, 0.5) is 0 Å². The van der Waals surface area contributed by atoms with Crippen molar-refractivity contribution >= 4 is 11.9 Å². The number of esters is 2. The van der Waals surface area contributed by atoms with Crippen LogP contribution < -0.4 is 0 Å². The maximum atomic E-state index is 12.2. The predicted octanol–water partition coefficient (Wildman–Crippen LogP) is 3.07. The summed E-state index contributed by atoms with van der Waals surface area (Å²) in [5, 5.41) is 0. The second kappa shape index (κ2) is 4.11. The van der Waals surface area contributed by atoms with Crippen LogP contribution >= 0.6 is 0 Å². The van der Waals surface area contributed by atoms with E-state index >= 15 is 0 Å². The molecule has 1 saturated carbocycles. The van der Waals surface area contributed by atoms with Gasteiger partial charge in [0.1, 0.15) is 0 Å². The van der Waals surface area contributed by atoms with E-state index in [1.54, 1.807) is 0 Å². The smallest absolute Gasteiger partial charge is 0.320 e. The summed E-state index contributed by atoms with van der Waals surface area (Å²) in [6.07, 6.45) is 5.71. The molecule has 0 N–H and O–H groups in total. The van der Waals surface area contributed by atoms with E-state index in [1.165, 1.54) is 0 Å². The van der Waals surface area contributed by atoms with Crippen LogP contribution in [-0.2, 0) is 14.3 Å². The van der Waals surface area contributed by atoms with Gasteiger partial charge in [0.05, 0.1) is 10.8 Å². The number of carbonyl (C=O) groups excluding carboxylic acids is 2. The number of hydrogen-bond donors (Lipinski definition) is 0. The summed E-state index contributed by atoms with van der Waals surface area (Å²) >= 11 is 0. The highest BCUT2D eigenvalue weighted by molar-refractivity contribution is 6.01. The molecular formula is C14H22O3. The van der Waals surface area contributed by atoms with Crippen LogP contribution in [0.2, 0.25) is 0 Å². The van der Waals surface area contributed by atoms with E-state index in [-0.39, 0.29) is 17.9 Å². The summed E-state index contributed by atoms with van der Waals surface area (Å²) in [6, 6.07) is 0. The molecule has 1 aliphatic heterocycles. The number of hydrogen-bond acceptors (Lipinski definition) is 3. The third kappa shape index (κ3) is 1.47. The van der Waals surface area contributed by atoms with Gasteiger partial charge in [0.25, 0.3) is 0 Å². The minimum atomic E-state index is -0.586. The van der Waals surface area contributed by atoms with E-state index in [2.05, 4.69) is 13.8 Å². The molecule has 17 heavy (non-hydrogen) atoms. The molecule has 0 aromatic rings. The first-order valence-corrected chi connectivity index (χ1v) is 6.75. The van der Waals surface area contributed by atoms with Crippen molar-refractivity contribution in [1.29, 1.82) is 0 Å². The van der Waals surface area contributed by atoms with E-state index in [0.29, 0.717) is 0 Å². The highest BCUT2D eigenvalue weighted by Gasteiger charge is 2.68. The second-order valence-corrected chi connectivity index (χ2v) is 5.86. The number of unbranched alkanes of at least 4 members (excludes halogenated alkanes) is 1. The summed E-state index contributed by atoms with van der Waals surface area (Å²) in [5.74, 6) is -0.303. The lowest BCUT2D eigenvalue weighted by atomic mass is 9.52. The highest BCUT2D eigenvalue weighted by atomic mass is 16.6. The third-order valence-corrected chi connectivity index (χ3v) is 5.18. The van der Waals surface area contributed by atoms with E-state index in [9.17, 15) is 9.59 Å². The Morgan fingerprint density at radius 2 is 2.06 bits per heavy atom. The van der Waals surface area contributed by atoms with Crippen LogP contribution in [0.25, 0.3) is 0 Å². The van der Waals surface area contributed by atoms with Crippen molar-refractivity contribution in [2.45, 2.75) is 59.3 Å². The predicted molar refractivity (Wildman–Crippen MR) is 64.2 cm³/mol. The number of cyclic esters (lactones) is 2. The van der Waals surface area contributed by atoms with Crippen molar-refractivity contribution < 1.29 is 14.3 Å². The monoisotopic (exact) mass is 238 g/mol. The molecule has 3 heteroatoms. The fourth-order valence-corrected chi connectivity index (χ4v) is 3.69. The van der Waals surface area contributed by atoms with Crippen LogP contribution in [0.15, 0.2) is 0 Å². The fraction of sp³-hybridized carbons (Fsp3) is 0.857. The fourth-order valence-electron chi connectivity index (χ4n) is 3.69. The minimum Gasteiger partial charge on any atom is -0.392 e. The summed E-state index contributed by atoms with van der Waals surface area (Å²) in [4.78, 5) is 24.2. The summed E-state index contributed by atoms with van der Waals surface area (Å²) in [5.41, 5.74) is -1.12. The van der Waals surface area contributed by atoms with Crippen LogP contribution in [-0.4, -0.2) is 11.9 Å². The van der Waals surface area contributed by atoms with Crippen LogP contribution in [0.3, 0.4) is 0 Å². The molecular weight excluding hydrogens is 216 g/mol. The molecule has 0 spiro atoms. The third-order valence-electron chi connectivity index (χ3n) is 5.18. The SMILES string of the molecule is CCCCC12CCCC(C)C1(C)C(=O)OC2=O. The van der Waals surface area contributed by atoms with Gasteiger partial charge in [0, 0.05) is 0 Å². The average Bonchev–Trinajstić information content (AvgIpc) is 2.49. The molecule has 0 bridgehead atoms. The van der Waals surface area contributed by atoms with Gasteiger partial charge >= 0.3 is 11.9 Å².